The van der Waals surface area contributed by atoms with Gasteiger partial charge in [0, 0.05) is 11.2 Å². The molecule has 0 saturated heterocycles. The van der Waals surface area contributed by atoms with Gasteiger partial charge in [-0.15, -0.1) is 5.10 Å². The maximum atomic E-state index is 12.0. The molecule has 0 bridgehead atoms. The number of amides is 1. The van der Waals surface area contributed by atoms with E-state index in [2.05, 4.69) is 20.6 Å². The largest absolute Gasteiger partial charge is 0.358 e. The quantitative estimate of drug-likeness (QED) is 0.543. The van der Waals surface area contributed by atoms with E-state index >= 15 is 0 Å². The van der Waals surface area contributed by atoms with Crippen molar-refractivity contribution in [2.45, 2.75) is 6.54 Å². The van der Waals surface area contributed by atoms with Crippen molar-refractivity contribution in [3.63, 3.8) is 0 Å². The van der Waals surface area contributed by atoms with Crippen LogP contribution in [0.5, 0.6) is 0 Å². The third kappa shape index (κ3) is 3.58. The van der Waals surface area contributed by atoms with Crippen LogP contribution in [0.15, 0.2) is 42.7 Å². The molecule has 1 amide bonds. The highest BCUT2D eigenvalue weighted by Crippen LogP contribution is 2.13. The molecule has 3 rings (SSSR count). The maximum absolute atomic E-state index is 12.0. The molecule has 2 aromatic heterocycles. The highest BCUT2D eigenvalue weighted by molar-refractivity contribution is 6.30. The van der Waals surface area contributed by atoms with Crippen molar-refractivity contribution in [1.82, 2.24) is 20.0 Å². The molecule has 0 spiro atoms. The van der Waals surface area contributed by atoms with Gasteiger partial charge in [-0.05, 0) is 22.6 Å². The Morgan fingerprint density at radius 3 is 2.79 bits per heavy atom. The van der Waals surface area contributed by atoms with Gasteiger partial charge >= 0.3 is 5.82 Å². The van der Waals surface area contributed by atoms with Crippen LogP contribution in [0, 0.1) is 10.1 Å². The molecule has 10 heteroatoms. The molecule has 2 heterocycles. The van der Waals surface area contributed by atoms with Gasteiger partial charge < -0.3 is 15.4 Å². The van der Waals surface area contributed by atoms with Crippen molar-refractivity contribution in [2.75, 3.05) is 5.32 Å². The molecule has 0 aliphatic carbocycles. The fourth-order valence-electron chi connectivity index (χ4n) is 2.01. The van der Waals surface area contributed by atoms with Gasteiger partial charge in [0.1, 0.15) is 0 Å². The number of carbonyl (C=O) groups is 1. The van der Waals surface area contributed by atoms with Crippen LogP contribution in [-0.4, -0.2) is 30.8 Å². The summed E-state index contributed by atoms with van der Waals surface area (Å²) < 4.78 is 1.64. The van der Waals surface area contributed by atoms with E-state index in [-0.39, 0.29) is 11.5 Å². The summed E-state index contributed by atoms with van der Waals surface area (Å²) in [7, 11) is 0. The van der Waals surface area contributed by atoms with Crippen molar-refractivity contribution in [3.05, 3.63) is 69.1 Å². The Morgan fingerprint density at radius 2 is 2.12 bits per heavy atom. The molecular weight excluding hydrogens is 336 g/mol. The lowest BCUT2D eigenvalue weighted by Gasteiger charge is -2.02. The third-order valence-electron chi connectivity index (χ3n) is 3.14. The molecule has 1 aromatic carbocycles. The number of H-pyrrole nitrogens is 1. The van der Waals surface area contributed by atoms with Gasteiger partial charge in [-0.1, -0.05) is 28.8 Å². The summed E-state index contributed by atoms with van der Waals surface area (Å²) in [6.45, 7) is 0.515. The lowest BCUT2D eigenvalue weighted by atomic mass is 10.2. The van der Waals surface area contributed by atoms with Gasteiger partial charge in [-0.2, -0.15) is 5.10 Å². The molecule has 0 aliphatic rings. The standard InChI is InChI=1S/C14H11ClN6O3/c15-10-3-1-9(2-4-10)7-20-8-11(6-16-20)17-14(22)12-5-13(19-18-12)21(23)24/h1-6,8H,7H2,(H,17,22)(H,18,19). The molecule has 9 nitrogen and oxygen atoms in total. The van der Waals surface area contributed by atoms with Crippen molar-refractivity contribution in [2.24, 2.45) is 0 Å². The number of nitro groups is 1. The van der Waals surface area contributed by atoms with Crippen molar-refractivity contribution in [3.8, 4) is 0 Å². The predicted molar refractivity (Wildman–Crippen MR) is 86.0 cm³/mol. The number of carbonyl (C=O) groups excluding carboxylic acids is 1. The number of nitrogens with one attached hydrogen (secondary N) is 2. The number of benzene rings is 1. The zero-order chi connectivity index (χ0) is 17.1. The first-order valence-corrected chi connectivity index (χ1v) is 7.17. The number of rotatable bonds is 5. The van der Waals surface area contributed by atoms with Crippen LogP contribution in [0.3, 0.4) is 0 Å². The first-order chi connectivity index (χ1) is 11.5. The Morgan fingerprint density at radius 1 is 1.38 bits per heavy atom. The number of aromatic amines is 1. The summed E-state index contributed by atoms with van der Waals surface area (Å²) in [6, 6.07) is 8.39. The number of anilines is 1. The fourth-order valence-corrected chi connectivity index (χ4v) is 2.13. The Hall–Kier alpha value is -3.20. The molecule has 0 unspecified atom stereocenters. The lowest BCUT2D eigenvalue weighted by Crippen LogP contribution is -2.11. The molecule has 122 valence electrons. The monoisotopic (exact) mass is 346 g/mol. The van der Waals surface area contributed by atoms with E-state index in [0.29, 0.717) is 17.3 Å². The smallest absolute Gasteiger partial charge is 0.343 e. The minimum Gasteiger partial charge on any atom is -0.358 e. The van der Waals surface area contributed by atoms with Crippen LogP contribution in [-0.2, 0) is 6.54 Å². The van der Waals surface area contributed by atoms with Crippen LogP contribution < -0.4 is 5.32 Å². The highest BCUT2D eigenvalue weighted by Gasteiger charge is 2.17. The van der Waals surface area contributed by atoms with E-state index in [4.69, 9.17) is 11.6 Å². The fraction of sp³-hybridized carbons (Fsp3) is 0.0714. The average Bonchev–Trinajstić information content (AvgIpc) is 3.19. The second-order valence-electron chi connectivity index (χ2n) is 4.90. The zero-order valence-electron chi connectivity index (χ0n) is 12.1. The molecule has 3 aromatic rings. The molecule has 0 saturated carbocycles. The van der Waals surface area contributed by atoms with Crippen LogP contribution >= 0.6 is 11.6 Å². The van der Waals surface area contributed by atoms with E-state index in [1.165, 1.54) is 6.20 Å². The molecule has 0 atom stereocenters. The van der Waals surface area contributed by atoms with E-state index < -0.39 is 10.8 Å². The third-order valence-corrected chi connectivity index (χ3v) is 3.39. The normalized spacial score (nSPS) is 10.5. The topological polar surface area (TPSA) is 119 Å². The summed E-state index contributed by atoms with van der Waals surface area (Å²) in [6.07, 6.45) is 3.13. The van der Waals surface area contributed by atoms with E-state index in [9.17, 15) is 14.9 Å². The minimum atomic E-state index is -0.659. The van der Waals surface area contributed by atoms with Gasteiger partial charge in [0.05, 0.1) is 24.5 Å². The second-order valence-corrected chi connectivity index (χ2v) is 5.34. The molecule has 24 heavy (non-hydrogen) atoms. The molecular formula is C14H11ClN6O3. The van der Waals surface area contributed by atoms with E-state index in [1.54, 1.807) is 23.0 Å². The molecule has 2 N–H and O–H groups in total. The number of nitrogens with zero attached hydrogens (tertiary/aromatic N) is 4. The Balaban J connectivity index is 1.65. The van der Waals surface area contributed by atoms with E-state index in [0.717, 1.165) is 11.6 Å². The second kappa shape index (κ2) is 6.50. The maximum Gasteiger partial charge on any atom is 0.343 e. The number of hydrogen-bond donors (Lipinski definition) is 2. The van der Waals surface area contributed by atoms with Crippen LogP contribution in [0.2, 0.25) is 5.02 Å². The summed E-state index contributed by atoms with van der Waals surface area (Å²) in [5, 5.41) is 23.7. The molecule has 0 aliphatic heterocycles. The average molecular weight is 347 g/mol. The van der Waals surface area contributed by atoms with Crippen molar-refractivity contribution >= 4 is 29.0 Å². The van der Waals surface area contributed by atoms with Gasteiger partial charge in [0.15, 0.2) is 5.69 Å². The summed E-state index contributed by atoms with van der Waals surface area (Å²) in [5.74, 6) is -0.913. The van der Waals surface area contributed by atoms with E-state index in [1.807, 2.05) is 12.1 Å². The summed E-state index contributed by atoms with van der Waals surface area (Å²) in [5.41, 5.74) is 1.38. The van der Waals surface area contributed by atoms with Gasteiger partial charge in [0.25, 0.3) is 5.91 Å². The number of aromatic nitrogens is 4. The van der Waals surface area contributed by atoms with Crippen LogP contribution in [0.25, 0.3) is 0 Å². The Bertz CT molecular complexity index is 886. The highest BCUT2D eigenvalue weighted by atomic mass is 35.5. The number of halogens is 1. The zero-order valence-corrected chi connectivity index (χ0v) is 12.9. The molecule has 0 radical (unpaired) electrons. The van der Waals surface area contributed by atoms with Gasteiger partial charge in [-0.3, -0.25) is 9.48 Å². The first kappa shape index (κ1) is 15.7. The molecule has 0 fully saturated rings. The van der Waals surface area contributed by atoms with Gasteiger partial charge in [-0.25, -0.2) is 0 Å². The van der Waals surface area contributed by atoms with Crippen molar-refractivity contribution < 1.29 is 9.72 Å². The summed E-state index contributed by atoms with van der Waals surface area (Å²) >= 11 is 5.84. The van der Waals surface area contributed by atoms with Crippen molar-refractivity contribution in [1.29, 1.82) is 0 Å². The van der Waals surface area contributed by atoms with Crippen LogP contribution in [0.1, 0.15) is 16.1 Å². The Labute approximate surface area is 140 Å². The SMILES string of the molecule is O=C(Nc1cnn(Cc2ccc(Cl)cc2)c1)c1cc([N+](=O)[O-])[nH]n1. The summed E-state index contributed by atoms with van der Waals surface area (Å²) in [4.78, 5) is 21.9. The predicted octanol–water partition coefficient (Wildman–Crippen LogP) is 2.47. The van der Waals surface area contributed by atoms with Crippen LogP contribution in [0.4, 0.5) is 11.5 Å². The Kier molecular flexibility index (Phi) is 4.25. The first-order valence-electron chi connectivity index (χ1n) is 6.79. The van der Waals surface area contributed by atoms with Gasteiger partial charge in [0.2, 0.25) is 0 Å². The number of hydrogen-bond acceptors (Lipinski definition) is 5. The minimum absolute atomic E-state index is 0.0767. The lowest BCUT2D eigenvalue weighted by molar-refractivity contribution is -0.389.